The van der Waals surface area contributed by atoms with Crippen LogP contribution in [0.25, 0.3) is 6.08 Å². The van der Waals surface area contributed by atoms with Crippen LogP contribution < -0.4 is 10.1 Å². The molecular weight excluding hydrogens is 248 g/mol. The fourth-order valence-electron chi connectivity index (χ4n) is 1.48. The first kappa shape index (κ1) is 14.7. The molecule has 0 aliphatic heterocycles. The minimum atomic E-state index is -0.461. The zero-order chi connectivity index (χ0) is 14.3. The van der Waals surface area contributed by atoms with E-state index < -0.39 is 4.92 Å². The van der Waals surface area contributed by atoms with Crippen LogP contribution in [0.4, 0.5) is 5.69 Å². The van der Waals surface area contributed by atoms with Crippen molar-refractivity contribution in [3.63, 3.8) is 0 Å². The molecule has 0 saturated carbocycles. The van der Waals surface area contributed by atoms with Gasteiger partial charge in [-0.15, -0.1) is 0 Å². The molecule has 0 radical (unpaired) electrons. The van der Waals surface area contributed by atoms with Gasteiger partial charge in [0.05, 0.1) is 18.1 Å². The second-order valence-corrected chi connectivity index (χ2v) is 3.90. The van der Waals surface area contributed by atoms with E-state index in [1.54, 1.807) is 12.1 Å². The summed E-state index contributed by atoms with van der Waals surface area (Å²) in [5, 5.41) is 13.4. The average Bonchev–Trinajstić information content (AvgIpc) is 2.37. The molecule has 0 unspecified atom stereocenters. The van der Waals surface area contributed by atoms with Gasteiger partial charge in [-0.05, 0) is 18.1 Å². The minimum Gasteiger partial charge on any atom is -0.496 e. The SMILES string of the molecule is COc1cc(C=CCCNC(C)=O)cc([N+](=O)[O-])c1. The normalized spacial score (nSPS) is 10.4. The van der Waals surface area contributed by atoms with Crippen molar-refractivity contribution in [3.8, 4) is 5.75 Å². The maximum atomic E-state index is 10.8. The summed E-state index contributed by atoms with van der Waals surface area (Å²) in [6, 6.07) is 4.55. The number of methoxy groups -OCH3 is 1. The van der Waals surface area contributed by atoms with Crippen LogP contribution in [0.5, 0.6) is 5.75 Å². The first-order chi connectivity index (χ1) is 9.02. The average molecular weight is 264 g/mol. The predicted molar refractivity (Wildman–Crippen MR) is 72.0 cm³/mol. The highest BCUT2D eigenvalue weighted by molar-refractivity contribution is 5.72. The van der Waals surface area contributed by atoms with E-state index >= 15 is 0 Å². The summed E-state index contributed by atoms with van der Waals surface area (Å²) in [5.41, 5.74) is 0.676. The molecule has 0 bridgehead atoms. The molecule has 19 heavy (non-hydrogen) atoms. The van der Waals surface area contributed by atoms with Crippen molar-refractivity contribution >= 4 is 17.7 Å². The van der Waals surface area contributed by atoms with Crippen molar-refractivity contribution in [1.29, 1.82) is 0 Å². The van der Waals surface area contributed by atoms with Gasteiger partial charge in [-0.2, -0.15) is 0 Å². The highest BCUT2D eigenvalue weighted by Gasteiger charge is 2.08. The Morgan fingerprint density at radius 1 is 1.47 bits per heavy atom. The van der Waals surface area contributed by atoms with E-state index in [1.165, 1.54) is 26.2 Å². The Morgan fingerprint density at radius 3 is 2.79 bits per heavy atom. The van der Waals surface area contributed by atoms with Crippen LogP contribution in [0.1, 0.15) is 18.9 Å². The second-order valence-electron chi connectivity index (χ2n) is 3.90. The highest BCUT2D eigenvalue weighted by atomic mass is 16.6. The van der Waals surface area contributed by atoms with Gasteiger partial charge < -0.3 is 10.1 Å². The number of rotatable bonds is 6. The molecule has 0 fully saturated rings. The molecule has 6 nitrogen and oxygen atoms in total. The number of nitrogens with one attached hydrogen (secondary N) is 1. The third-order valence-electron chi connectivity index (χ3n) is 2.36. The van der Waals surface area contributed by atoms with Crippen molar-refractivity contribution in [2.45, 2.75) is 13.3 Å². The maximum absolute atomic E-state index is 10.8. The van der Waals surface area contributed by atoms with E-state index in [0.717, 1.165) is 0 Å². The quantitative estimate of drug-likeness (QED) is 0.485. The summed E-state index contributed by atoms with van der Waals surface area (Å²) in [6.45, 7) is 1.99. The largest absolute Gasteiger partial charge is 0.496 e. The van der Waals surface area contributed by atoms with E-state index in [9.17, 15) is 14.9 Å². The lowest BCUT2D eigenvalue weighted by Gasteiger charge is -2.02. The number of amides is 1. The molecule has 0 heterocycles. The first-order valence-corrected chi connectivity index (χ1v) is 5.77. The lowest BCUT2D eigenvalue weighted by atomic mass is 10.1. The van der Waals surface area contributed by atoms with Crippen molar-refractivity contribution < 1.29 is 14.5 Å². The van der Waals surface area contributed by atoms with Crippen LogP contribution in [0.3, 0.4) is 0 Å². The summed E-state index contributed by atoms with van der Waals surface area (Å²) in [4.78, 5) is 20.9. The fourth-order valence-corrected chi connectivity index (χ4v) is 1.48. The Morgan fingerprint density at radius 2 is 2.21 bits per heavy atom. The van der Waals surface area contributed by atoms with Gasteiger partial charge in [-0.3, -0.25) is 14.9 Å². The van der Waals surface area contributed by atoms with E-state index in [2.05, 4.69) is 5.32 Å². The number of nitro benzene ring substituents is 1. The van der Waals surface area contributed by atoms with Crippen LogP contribution in [-0.4, -0.2) is 24.5 Å². The molecule has 0 atom stereocenters. The van der Waals surface area contributed by atoms with E-state index in [1.807, 2.05) is 6.08 Å². The van der Waals surface area contributed by atoms with Gasteiger partial charge in [0.25, 0.3) is 5.69 Å². The van der Waals surface area contributed by atoms with E-state index in [0.29, 0.717) is 24.3 Å². The van der Waals surface area contributed by atoms with Crippen molar-refractivity contribution in [1.82, 2.24) is 5.32 Å². The third-order valence-corrected chi connectivity index (χ3v) is 2.36. The van der Waals surface area contributed by atoms with Gasteiger partial charge in [0.2, 0.25) is 5.91 Å². The number of hydrogen-bond donors (Lipinski definition) is 1. The smallest absolute Gasteiger partial charge is 0.273 e. The van der Waals surface area contributed by atoms with Gasteiger partial charge in [0, 0.05) is 19.5 Å². The molecule has 1 amide bonds. The van der Waals surface area contributed by atoms with Gasteiger partial charge >= 0.3 is 0 Å². The molecule has 0 aliphatic carbocycles. The molecule has 102 valence electrons. The molecule has 1 rings (SSSR count). The Balaban J connectivity index is 2.71. The lowest BCUT2D eigenvalue weighted by molar-refractivity contribution is -0.384. The van der Waals surface area contributed by atoms with Crippen LogP contribution in [0.2, 0.25) is 0 Å². The van der Waals surface area contributed by atoms with Crippen LogP contribution >= 0.6 is 0 Å². The zero-order valence-corrected chi connectivity index (χ0v) is 10.9. The predicted octanol–water partition coefficient (Wildman–Crippen LogP) is 2.14. The molecule has 0 spiro atoms. The number of ether oxygens (including phenoxy) is 1. The molecule has 0 aromatic heterocycles. The van der Waals surface area contributed by atoms with Crippen molar-refractivity contribution in [3.05, 3.63) is 40.0 Å². The maximum Gasteiger partial charge on any atom is 0.273 e. The van der Waals surface area contributed by atoms with Crippen molar-refractivity contribution in [2.24, 2.45) is 0 Å². The minimum absolute atomic E-state index is 0.0131. The number of hydrogen-bond acceptors (Lipinski definition) is 4. The molecule has 1 aromatic rings. The Bertz CT molecular complexity index is 497. The van der Waals surface area contributed by atoms with Gasteiger partial charge in [-0.25, -0.2) is 0 Å². The summed E-state index contributed by atoms with van der Waals surface area (Å²) in [7, 11) is 1.46. The van der Waals surface area contributed by atoms with Crippen LogP contribution in [0, 0.1) is 10.1 Å². The summed E-state index contributed by atoms with van der Waals surface area (Å²) in [6.07, 6.45) is 4.26. The molecule has 0 saturated heterocycles. The summed E-state index contributed by atoms with van der Waals surface area (Å²) < 4.78 is 5.01. The summed E-state index contributed by atoms with van der Waals surface area (Å²) in [5.74, 6) is 0.362. The molecule has 1 N–H and O–H groups in total. The molecule has 6 heteroatoms. The standard InChI is InChI=1S/C13H16N2O4/c1-10(16)14-6-4-3-5-11-7-12(15(17)18)9-13(8-11)19-2/h3,5,7-9H,4,6H2,1-2H3,(H,14,16). The number of carbonyl (C=O) groups excluding carboxylic acids is 1. The number of benzene rings is 1. The van der Waals surface area contributed by atoms with E-state index in [4.69, 9.17) is 4.74 Å². The van der Waals surface area contributed by atoms with Gasteiger partial charge in [0.1, 0.15) is 5.75 Å². The Labute approximate surface area is 111 Å². The third kappa shape index (κ3) is 5.20. The van der Waals surface area contributed by atoms with Crippen LogP contribution in [0.15, 0.2) is 24.3 Å². The number of carbonyl (C=O) groups is 1. The van der Waals surface area contributed by atoms with Crippen molar-refractivity contribution in [2.75, 3.05) is 13.7 Å². The topological polar surface area (TPSA) is 81.5 Å². The van der Waals surface area contributed by atoms with Crippen LogP contribution in [-0.2, 0) is 4.79 Å². The lowest BCUT2D eigenvalue weighted by Crippen LogP contribution is -2.20. The first-order valence-electron chi connectivity index (χ1n) is 5.77. The monoisotopic (exact) mass is 264 g/mol. The second kappa shape index (κ2) is 7.15. The Kier molecular flexibility index (Phi) is 5.53. The molecular formula is C13H16N2O4. The molecule has 0 aliphatic rings. The zero-order valence-electron chi connectivity index (χ0n) is 10.9. The Hall–Kier alpha value is -2.37. The van der Waals surface area contributed by atoms with E-state index in [-0.39, 0.29) is 11.6 Å². The number of nitro groups is 1. The fraction of sp³-hybridized carbons (Fsp3) is 0.308. The van der Waals surface area contributed by atoms with Gasteiger partial charge in [-0.1, -0.05) is 12.2 Å². The molecule has 1 aromatic carbocycles. The number of nitrogens with zero attached hydrogens (tertiary/aromatic N) is 1. The number of non-ortho nitro benzene ring substituents is 1. The van der Waals surface area contributed by atoms with Gasteiger partial charge in [0.15, 0.2) is 0 Å². The highest BCUT2D eigenvalue weighted by Crippen LogP contribution is 2.23. The summed E-state index contributed by atoms with van der Waals surface area (Å²) >= 11 is 0.